The summed E-state index contributed by atoms with van der Waals surface area (Å²) in [5.74, 6) is 1.86. The number of nitrogens with zero attached hydrogens (tertiary/aromatic N) is 1. The number of thiazole rings is 1. The number of ether oxygens (including phenoxy) is 2. The van der Waals surface area contributed by atoms with E-state index in [4.69, 9.17) is 21.7 Å². The van der Waals surface area contributed by atoms with E-state index in [-0.39, 0.29) is 12.7 Å². The van der Waals surface area contributed by atoms with Crippen molar-refractivity contribution < 1.29 is 14.3 Å². The molecular weight excluding hydrogens is 450 g/mol. The van der Waals surface area contributed by atoms with Gasteiger partial charge in [-0.2, -0.15) is 0 Å². The summed E-state index contributed by atoms with van der Waals surface area (Å²) >= 11 is 10.4. The minimum absolute atomic E-state index is 0.163. The lowest BCUT2D eigenvalue weighted by Crippen LogP contribution is -2.38. The number of aromatic nitrogens is 1. The van der Waals surface area contributed by atoms with Gasteiger partial charge >= 0.3 is 0 Å². The summed E-state index contributed by atoms with van der Waals surface area (Å²) in [6, 6.07) is 13.5. The largest absolute Gasteiger partial charge is 0.454 e. The van der Waals surface area contributed by atoms with Crippen molar-refractivity contribution in [3.63, 3.8) is 0 Å². The van der Waals surface area contributed by atoms with Crippen molar-refractivity contribution in [1.82, 2.24) is 9.88 Å². The molecule has 0 fully saturated rings. The molecule has 0 radical (unpaired) electrons. The van der Waals surface area contributed by atoms with Gasteiger partial charge in [0.2, 0.25) is 6.79 Å². The summed E-state index contributed by atoms with van der Waals surface area (Å²) < 4.78 is 14.2. The Morgan fingerprint density at radius 1 is 1.15 bits per heavy atom. The minimum Gasteiger partial charge on any atom is -0.454 e. The van der Waals surface area contributed by atoms with E-state index >= 15 is 0 Å². The Bertz CT molecular complexity index is 1130. The molecule has 3 heterocycles. The standard InChI is InChI=1S/C18H12BrN3O3S2/c19-11-7-13-12(24-8-25-13)6-10(11)15-20-16-14(17(23)21-15)27-18(26)22(16)9-4-2-1-3-5-9/h1-7,15,20H,8H2,(H,21,23)/t15-/m0/s1. The maximum atomic E-state index is 12.7. The van der Waals surface area contributed by atoms with Crippen LogP contribution in [0.3, 0.4) is 0 Å². The number of carbonyl (C=O) groups excluding carboxylic acids is 1. The molecule has 1 amide bonds. The SMILES string of the molecule is O=C1N[C@@H](c2cc3c(cc2Br)OCO3)Nc2c1sc(=S)n2-c1ccccc1. The van der Waals surface area contributed by atoms with Crippen molar-refractivity contribution in [3.05, 3.63) is 61.3 Å². The Morgan fingerprint density at radius 3 is 2.67 bits per heavy atom. The number of carbonyl (C=O) groups is 1. The van der Waals surface area contributed by atoms with Gasteiger partial charge in [-0.25, -0.2) is 0 Å². The van der Waals surface area contributed by atoms with Crippen LogP contribution in [0.5, 0.6) is 11.5 Å². The van der Waals surface area contributed by atoms with Gasteiger partial charge in [-0.05, 0) is 36.5 Å². The third kappa shape index (κ3) is 2.73. The molecule has 3 aromatic rings. The lowest BCUT2D eigenvalue weighted by atomic mass is 10.1. The zero-order valence-electron chi connectivity index (χ0n) is 13.7. The highest BCUT2D eigenvalue weighted by Gasteiger charge is 2.32. The Hall–Kier alpha value is -2.36. The first-order chi connectivity index (χ1) is 13.1. The third-order valence-electron chi connectivity index (χ3n) is 4.39. The summed E-state index contributed by atoms with van der Waals surface area (Å²) in [6.45, 7) is 0.192. The Labute approximate surface area is 171 Å². The molecule has 0 unspecified atom stereocenters. The molecule has 27 heavy (non-hydrogen) atoms. The molecule has 5 rings (SSSR count). The summed E-state index contributed by atoms with van der Waals surface area (Å²) in [7, 11) is 0. The van der Waals surface area contributed by atoms with E-state index in [9.17, 15) is 4.79 Å². The van der Waals surface area contributed by atoms with Crippen LogP contribution in [0.1, 0.15) is 21.4 Å². The predicted octanol–water partition coefficient (Wildman–Crippen LogP) is 4.61. The van der Waals surface area contributed by atoms with Crippen molar-refractivity contribution in [2.45, 2.75) is 6.17 Å². The number of fused-ring (bicyclic) bond motifs is 2. The van der Waals surface area contributed by atoms with E-state index in [0.29, 0.717) is 26.1 Å². The number of anilines is 1. The van der Waals surface area contributed by atoms with E-state index in [1.807, 2.05) is 47.0 Å². The number of amides is 1. The quantitative estimate of drug-likeness (QED) is 0.545. The smallest absolute Gasteiger partial charge is 0.267 e. The molecule has 136 valence electrons. The van der Waals surface area contributed by atoms with E-state index in [2.05, 4.69) is 26.6 Å². The monoisotopic (exact) mass is 461 g/mol. The van der Waals surface area contributed by atoms with Crippen LogP contribution in [0.4, 0.5) is 5.82 Å². The zero-order valence-corrected chi connectivity index (χ0v) is 16.9. The average Bonchev–Trinajstić information content (AvgIpc) is 3.25. The maximum Gasteiger partial charge on any atom is 0.267 e. The van der Waals surface area contributed by atoms with Crippen molar-refractivity contribution in [3.8, 4) is 17.2 Å². The predicted molar refractivity (Wildman–Crippen MR) is 109 cm³/mol. The highest BCUT2D eigenvalue weighted by Crippen LogP contribution is 2.41. The lowest BCUT2D eigenvalue weighted by molar-refractivity contribution is 0.0939. The van der Waals surface area contributed by atoms with E-state index < -0.39 is 6.17 Å². The van der Waals surface area contributed by atoms with Crippen molar-refractivity contribution in [2.24, 2.45) is 0 Å². The second-order valence-electron chi connectivity index (χ2n) is 5.99. The van der Waals surface area contributed by atoms with Gasteiger partial charge in [0.15, 0.2) is 15.5 Å². The van der Waals surface area contributed by atoms with Crippen LogP contribution >= 0.6 is 39.5 Å². The summed E-state index contributed by atoms with van der Waals surface area (Å²) in [6.07, 6.45) is -0.437. The van der Waals surface area contributed by atoms with Crippen LogP contribution in [-0.4, -0.2) is 17.3 Å². The minimum atomic E-state index is -0.437. The Kier molecular flexibility index (Phi) is 3.96. The molecule has 0 aliphatic carbocycles. The molecule has 2 aliphatic rings. The second kappa shape index (κ2) is 6.36. The first-order valence-corrected chi connectivity index (χ1v) is 10.1. The van der Waals surface area contributed by atoms with Gasteiger partial charge in [0.05, 0.1) is 0 Å². The molecule has 0 bridgehead atoms. The fourth-order valence-electron chi connectivity index (χ4n) is 3.15. The number of hydrogen-bond donors (Lipinski definition) is 2. The van der Waals surface area contributed by atoms with Crippen LogP contribution in [0.25, 0.3) is 5.69 Å². The molecule has 2 aromatic carbocycles. The molecule has 2 aliphatic heterocycles. The van der Waals surface area contributed by atoms with Gasteiger partial charge in [0.1, 0.15) is 16.9 Å². The summed E-state index contributed by atoms with van der Waals surface area (Å²) in [4.78, 5) is 13.3. The van der Waals surface area contributed by atoms with Gasteiger partial charge < -0.3 is 20.1 Å². The molecule has 9 heteroatoms. The highest BCUT2D eigenvalue weighted by atomic mass is 79.9. The van der Waals surface area contributed by atoms with E-state index in [1.54, 1.807) is 0 Å². The Balaban J connectivity index is 1.61. The van der Waals surface area contributed by atoms with Gasteiger partial charge in [-0.3, -0.25) is 9.36 Å². The van der Waals surface area contributed by atoms with Crippen LogP contribution in [0.2, 0.25) is 0 Å². The third-order valence-corrected chi connectivity index (χ3v) is 6.45. The molecular formula is C18H12BrN3O3S2. The normalized spacial score (nSPS) is 17.2. The molecule has 1 aromatic heterocycles. The van der Waals surface area contributed by atoms with E-state index in [0.717, 1.165) is 15.7 Å². The number of para-hydroxylation sites is 1. The highest BCUT2D eigenvalue weighted by molar-refractivity contribution is 9.10. The molecule has 0 spiro atoms. The number of hydrogen-bond acceptors (Lipinski definition) is 6. The van der Waals surface area contributed by atoms with Crippen LogP contribution < -0.4 is 20.1 Å². The number of rotatable bonds is 2. The lowest BCUT2D eigenvalue weighted by Gasteiger charge is -2.28. The van der Waals surface area contributed by atoms with E-state index in [1.165, 1.54) is 11.3 Å². The van der Waals surface area contributed by atoms with Crippen molar-refractivity contribution in [1.29, 1.82) is 0 Å². The van der Waals surface area contributed by atoms with Gasteiger partial charge in [-0.1, -0.05) is 45.5 Å². The fourth-order valence-corrected chi connectivity index (χ4v) is 5.01. The van der Waals surface area contributed by atoms with Crippen LogP contribution in [0, 0.1) is 3.95 Å². The summed E-state index contributed by atoms with van der Waals surface area (Å²) in [5.41, 5.74) is 1.75. The second-order valence-corrected chi connectivity index (χ2v) is 8.49. The van der Waals surface area contributed by atoms with Gasteiger partial charge in [0.25, 0.3) is 5.91 Å². The molecule has 0 saturated carbocycles. The molecule has 2 N–H and O–H groups in total. The van der Waals surface area contributed by atoms with Crippen LogP contribution in [-0.2, 0) is 0 Å². The Morgan fingerprint density at radius 2 is 1.89 bits per heavy atom. The number of halogens is 1. The summed E-state index contributed by atoms with van der Waals surface area (Å²) in [5, 5.41) is 6.40. The first-order valence-electron chi connectivity index (χ1n) is 8.09. The molecule has 0 saturated heterocycles. The zero-order chi connectivity index (χ0) is 18.5. The topological polar surface area (TPSA) is 64.5 Å². The first kappa shape index (κ1) is 16.8. The van der Waals surface area contributed by atoms with Gasteiger partial charge in [-0.15, -0.1) is 0 Å². The molecule has 1 atom stereocenters. The number of nitrogens with one attached hydrogen (secondary N) is 2. The fraction of sp³-hybridized carbons (Fsp3) is 0.111. The average molecular weight is 462 g/mol. The van der Waals surface area contributed by atoms with Gasteiger partial charge in [0, 0.05) is 15.7 Å². The van der Waals surface area contributed by atoms with Crippen molar-refractivity contribution >= 4 is 51.2 Å². The maximum absolute atomic E-state index is 12.7. The number of benzene rings is 2. The van der Waals surface area contributed by atoms with Crippen molar-refractivity contribution in [2.75, 3.05) is 12.1 Å². The molecule has 6 nitrogen and oxygen atoms in total. The van der Waals surface area contributed by atoms with Crippen LogP contribution in [0.15, 0.2) is 46.9 Å².